The summed E-state index contributed by atoms with van der Waals surface area (Å²) in [7, 11) is 0. The van der Waals surface area contributed by atoms with Crippen LogP contribution in [-0.4, -0.2) is 46.7 Å². The van der Waals surface area contributed by atoms with E-state index in [0.717, 1.165) is 60.9 Å². The molecule has 1 saturated carbocycles. The van der Waals surface area contributed by atoms with Gasteiger partial charge in [0.25, 0.3) is 0 Å². The van der Waals surface area contributed by atoms with E-state index >= 15 is 0 Å². The zero-order chi connectivity index (χ0) is 17.3. The normalized spacial score (nSPS) is 27.1. The van der Waals surface area contributed by atoms with Crippen molar-refractivity contribution in [2.75, 3.05) is 29.4 Å². The summed E-state index contributed by atoms with van der Waals surface area (Å²) < 4.78 is 0.710. The van der Waals surface area contributed by atoms with Gasteiger partial charge in [0.15, 0.2) is 0 Å². The van der Waals surface area contributed by atoms with Crippen LogP contribution in [-0.2, 0) is 4.79 Å². The van der Waals surface area contributed by atoms with Crippen LogP contribution in [0.2, 0.25) is 4.34 Å². The molecule has 5 rings (SSSR count). The summed E-state index contributed by atoms with van der Waals surface area (Å²) in [6.45, 7) is 4.69. The van der Waals surface area contributed by atoms with Crippen LogP contribution in [0.3, 0.4) is 0 Å². The fraction of sp³-hybridized carbons (Fsp3) is 0.588. The van der Waals surface area contributed by atoms with E-state index in [1.54, 1.807) is 0 Å². The molecular formula is C17H19ClN4O2S. The maximum atomic E-state index is 11.4. The van der Waals surface area contributed by atoms with Crippen molar-refractivity contribution in [1.82, 2.24) is 9.97 Å². The number of thiophene rings is 1. The van der Waals surface area contributed by atoms with E-state index in [4.69, 9.17) is 21.6 Å². The number of hydrogen-bond acceptors (Lipinski definition) is 6. The molecule has 0 bridgehead atoms. The molecule has 2 aliphatic heterocycles. The minimum Gasteiger partial charge on any atom is -0.481 e. The van der Waals surface area contributed by atoms with Gasteiger partial charge in [0.05, 0.1) is 15.6 Å². The van der Waals surface area contributed by atoms with Crippen molar-refractivity contribution in [3.63, 3.8) is 0 Å². The van der Waals surface area contributed by atoms with Gasteiger partial charge in [0, 0.05) is 31.1 Å². The van der Waals surface area contributed by atoms with Crippen LogP contribution in [0.1, 0.15) is 26.2 Å². The zero-order valence-electron chi connectivity index (χ0n) is 13.9. The SMILES string of the molecule is C[C@H]1CCN1c1nc(N2CC3(CCC3C(=O)O)C2)c2cc(Cl)sc2n1. The van der Waals surface area contributed by atoms with Crippen molar-refractivity contribution in [2.24, 2.45) is 11.3 Å². The van der Waals surface area contributed by atoms with Crippen LogP contribution in [0.15, 0.2) is 6.07 Å². The van der Waals surface area contributed by atoms with Crippen LogP contribution in [0, 0.1) is 11.3 Å². The summed E-state index contributed by atoms with van der Waals surface area (Å²) in [5, 5.41) is 10.4. The van der Waals surface area contributed by atoms with E-state index in [1.807, 2.05) is 6.07 Å². The van der Waals surface area contributed by atoms with Gasteiger partial charge >= 0.3 is 5.97 Å². The first-order valence-corrected chi connectivity index (χ1v) is 9.88. The molecule has 1 unspecified atom stereocenters. The monoisotopic (exact) mass is 378 g/mol. The summed E-state index contributed by atoms with van der Waals surface area (Å²) in [4.78, 5) is 26.3. The number of nitrogens with zero attached hydrogens (tertiary/aromatic N) is 4. The molecule has 3 fully saturated rings. The first kappa shape index (κ1) is 15.6. The second-order valence-electron chi connectivity index (χ2n) is 7.60. The van der Waals surface area contributed by atoms with Crippen molar-refractivity contribution < 1.29 is 9.90 Å². The third kappa shape index (κ3) is 2.18. The summed E-state index contributed by atoms with van der Waals surface area (Å²) in [5.74, 6) is 0.808. The number of anilines is 2. The summed E-state index contributed by atoms with van der Waals surface area (Å²) in [6, 6.07) is 2.40. The Hall–Kier alpha value is -1.60. The Labute approximate surface area is 154 Å². The first-order valence-electron chi connectivity index (χ1n) is 8.68. The van der Waals surface area contributed by atoms with Crippen molar-refractivity contribution in [3.8, 4) is 0 Å². The van der Waals surface area contributed by atoms with E-state index in [9.17, 15) is 9.90 Å². The number of aromatic nitrogens is 2. The van der Waals surface area contributed by atoms with E-state index in [-0.39, 0.29) is 11.3 Å². The van der Waals surface area contributed by atoms with Gasteiger partial charge in [-0.15, -0.1) is 11.3 Å². The Morgan fingerprint density at radius 3 is 2.76 bits per heavy atom. The Kier molecular flexibility index (Phi) is 3.26. The fourth-order valence-corrected chi connectivity index (χ4v) is 5.45. The van der Waals surface area contributed by atoms with E-state index in [2.05, 4.69) is 16.7 Å². The molecule has 2 atom stereocenters. The number of aliphatic carboxylic acids is 1. The van der Waals surface area contributed by atoms with Crippen LogP contribution in [0.5, 0.6) is 0 Å². The Bertz CT molecular complexity index is 879. The number of carbonyl (C=O) groups is 1. The molecule has 2 saturated heterocycles. The van der Waals surface area contributed by atoms with E-state index in [0.29, 0.717) is 10.4 Å². The smallest absolute Gasteiger partial charge is 0.307 e. The molecule has 6 nitrogen and oxygen atoms in total. The third-order valence-corrected chi connectivity index (χ3v) is 7.34. The molecule has 2 aromatic heterocycles. The predicted octanol–water partition coefficient (Wildman–Crippen LogP) is 3.24. The second-order valence-corrected chi connectivity index (χ2v) is 9.26. The van der Waals surface area contributed by atoms with Gasteiger partial charge in [0.2, 0.25) is 5.95 Å². The van der Waals surface area contributed by atoms with Crippen LogP contribution < -0.4 is 9.80 Å². The van der Waals surface area contributed by atoms with Gasteiger partial charge in [0.1, 0.15) is 10.6 Å². The minimum atomic E-state index is -0.660. The average Bonchev–Trinajstić information content (AvgIpc) is 2.83. The maximum absolute atomic E-state index is 11.4. The van der Waals surface area contributed by atoms with Crippen LogP contribution in [0.4, 0.5) is 11.8 Å². The Morgan fingerprint density at radius 2 is 2.20 bits per heavy atom. The van der Waals surface area contributed by atoms with E-state index in [1.165, 1.54) is 11.3 Å². The van der Waals surface area contributed by atoms with Gasteiger partial charge in [-0.2, -0.15) is 4.98 Å². The van der Waals surface area contributed by atoms with Gasteiger partial charge < -0.3 is 14.9 Å². The predicted molar refractivity (Wildman–Crippen MR) is 98.9 cm³/mol. The Morgan fingerprint density at radius 1 is 1.40 bits per heavy atom. The molecule has 1 N–H and O–H groups in total. The van der Waals surface area contributed by atoms with Crippen molar-refractivity contribution in [1.29, 1.82) is 0 Å². The minimum absolute atomic E-state index is 0.0624. The van der Waals surface area contributed by atoms with Crippen LogP contribution in [0.25, 0.3) is 10.2 Å². The Balaban J connectivity index is 1.49. The number of halogens is 1. The number of hydrogen-bond donors (Lipinski definition) is 1. The highest BCUT2D eigenvalue weighted by atomic mass is 35.5. The molecule has 0 amide bonds. The largest absolute Gasteiger partial charge is 0.481 e. The number of fused-ring (bicyclic) bond motifs is 1. The summed E-state index contributed by atoms with van der Waals surface area (Å²) in [6.07, 6.45) is 2.95. The molecule has 25 heavy (non-hydrogen) atoms. The van der Waals surface area contributed by atoms with E-state index < -0.39 is 5.97 Å². The second kappa shape index (κ2) is 5.20. The number of rotatable bonds is 3. The first-order chi connectivity index (χ1) is 12.0. The highest BCUT2D eigenvalue weighted by molar-refractivity contribution is 7.22. The zero-order valence-corrected chi connectivity index (χ0v) is 15.5. The van der Waals surface area contributed by atoms with Crippen molar-refractivity contribution in [2.45, 2.75) is 32.2 Å². The topological polar surface area (TPSA) is 69.6 Å². The van der Waals surface area contributed by atoms with Crippen molar-refractivity contribution >= 4 is 50.9 Å². The maximum Gasteiger partial charge on any atom is 0.307 e. The quantitative estimate of drug-likeness (QED) is 0.884. The molecular weight excluding hydrogens is 360 g/mol. The summed E-state index contributed by atoms with van der Waals surface area (Å²) in [5.41, 5.74) is -0.0624. The fourth-order valence-electron chi connectivity index (χ4n) is 4.37. The molecule has 0 radical (unpaired) electrons. The third-order valence-electron chi connectivity index (χ3n) is 6.19. The van der Waals surface area contributed by atoms with Gasteiger partial charge in [-0.25, -0.2) is 4.98 Å². The molecule has 8 heteroatoms. The van der Waals surface area contributed by atoms with Gasteiger partial charge in [-0.1, -0.05) is 11.6 Å². The molecule has 2 aromatic rings. The molecule has 3 aliphatic rings. The average molecular weight is 379 g/mol. The molecule has 0 aromatic carbocycles. The van der Waals surface area contributed by atoms with Gasteiger partial charge in [-0.3, -0.25) is 4.79 Å². The molecule has 1 aliphatic carbocycles. The van der Waals surface area contributed by atoms with Crippen LogP contribution >= 0.6 is 22.9 Å². The van der Waals surface area contributed by atoms with Crippen molar-refractivity contribution in [3.05, 3.63) is 10.4 Å². The number of carboxylic acid groups (broad SMARTS) is 1. The molecule has 1 spiro atoms. The summed E-state index contributed by atoms with van der Waals surface area (Å²) >= 11 is 7.71. The lowest BCUT2D eigenvalue weighted by atomic mass is 9.55. The molecule has 132 valence electrons. The highest BCUT2D eigenvalue weighted by Gasteiger charge is 2.58. The lowest BCUT2D eigenvalue weighted by molar-refractivity contribution is -0.156. The highest BCUT2D eigenvalue weighted by Crippen LogP contribution is 2.54. The lowest BCUT2D eigenvalue weighted by Crippen LogP contribution is -2.66. The lowest BCUT2D eigenvalue weighted by Gasteiger charge is -2.59. The van der Waals surface area contributed by atoms with Gasteiger partial charge in [-0.05, 0) is 32.3 Å². The molecule has 4 heterocycles. The number of carboxylic acids is 1. The standard InChI is InChI=1S/C17H19ClN4O2S/c1-9-3-5-22(9)16-19-13(10-6-12(18)25-14(10)20-16)21-7-17(8-21)4-2-11(17)15(23)24/h6,9,11H,2-5,7-8H2,1H3,(H,23,24)/t9-,11?/m0/s1.